The van der Waals surface area contributed by atoms with Gasteiger partial charge < -0.3 is 14.8 Å². The van der Waals surface area contributed by atoms with Gasteiger partial charge in [0.05, 0.1) is 29.2 Å². The number of rotatable bonds is 7. The van der Waals surface area contributed by atoms with Gasteiger partial charge in [0.15, 0.2) is 9.84 Å². The molecule has 2 aromatic carbocycles. The number of nitrogens with one attached hydrogen (secondary N) is 1. The predicted molar refractivity (Wildman–Crippen MR) is 115 cm³/mol. The smallest absolute Gasteiger partial charge is 0.231 e. The average Bonchev–Trinajstić information content (AvgIpc) is 2.79. The van der Waals surface area contributed by atoms with Crippen molar-refractivity contribution in [2.75, 3.05) is 26.1 Å². The number of benzene rings is 2. The fourth-order valence-electron chi connectivity index (χ4n) is 3.83. The molecule has 30 heavy (non-hydrogen) atoms. The van der Waals surface area contributed by atoms with Gasteiger partial charge >= 0.3 is 0 Å². The predicted octanol–water partition coefficient (Wildman–Crippen LogP) is 3.41. The molecule has 2 aromatic rings. The van der Waals surface area contributed by atoms with Crippen LogP contribution in [0.5, 0.6) is 5.75 Å². The molecule has 1 aliphatic rings. The largest absolute Gasteiger partial charge is 0.497 e. The highest BCUT2D eigenvalue weighted by atomic mass is 32.2. The van der Waals surface area contributed by atoms with E-state index in [1.807, 2.05) is 31.2 Å². The molecule has 0 aliphatic carbocycles. The molecule has 1 unspecified atom stereocenters. The first-order valence-corrected chi connectivity index (χ1v) is 11.8. The van der Waals surface area contributed by atoms with Crippen molar-refractivity contribution in [3.63, 3.8) is 0 Å². The number of methoxy groups -OCH3 is 1. The lowest BCUT2D eigenvalue weighted by molar-refractivity contribution is -0.131. The normalized spacial score (nSPS) is 17.2. The Morgan fingerprint density at radius 1 is 1.10 bits per heavy atom. The van der Waals surface area contributed by atoms with E-state index in [0.29, 0.717) is 31.0 Å². The molecule has 1 fully saturated rings. The first-order valence-electron chi connectivity index (χ1n) is 10.2. The van der Waals surface area contributed by atoms with Crippen LogP contribution in [0.4, 0.5) is 0 Å². The van der Waals surface area contributed by atoms with Crippen molar-refractivity contribution in [1.29, 1.82) is 0 Å². The summed E-state index contributed by atoms with van der Waals surface area (Å²) in [5.74, 6) is 0.760. The number of ether oxygens (including phenoxy) is 2. The summed E-state index contributed by atoms with van der Waals surface area (Å²) in [7, 11) is -1.63. The molecule has 6 nitrogen and oxygen atoms in total. The van der Waals surface area contributed by atoms with Gasteiger partial charge in [-0.25, -0.2) is 8.42 Å². The second-order valence-corrected chi connectivity index (χ2v) is 9.87. The van der Waals surface area contributed by atoms with E-state index in [0.717, 1.165) is 16.9 Å². The van der Waals surface area contributed by atoms with Crippen LogP contribution in [0, 0.1) is 0 Å². The lowest BCUT2D eigenvalue weighted by Crippen LogP contribution is -2.48. The molecule has 1 saturated heterocycles. The number of carbonyl (C=O) groups excluding carboxylic acids is 1. The summed E-state index contributed by atoms with van der Waals surface area (Å²) < 4.78 is 34.8. The number of hydrogen-bond donors (Lipinski definition) is 1. The van der Waals surface area contributed by atoms with Crippen molar-refractivity contribution in [3.05, 3.63) is 59.7 Å². The third-order valence-corrected chi connectivity index (χ3v) is 7.64. The quantitative estimate of drug-likeness (QED) is 0.727. The fraction of sp³-hybridized carbons (Fsp3) is 0.435. The Balaban J connectivity index is 1.81. The highest BCUT2D eigenvalue weighted by Crippen LogP contribution is 2.36. The Bertz CT molecular complexity index is 962. The van der Waals surface area contributed by atoms with Gasteiger partial charge in [0, 0.05) is 13.2 Å². The van der Waals surface area contributed by atoms with E-state index in [2.05, 4.69) is 5.32 Å². The molecule has 0 aromatic heterocycles. The number of carbonyl (C=O) groups is 1. The van der Waals surface area contributed by atoms with Crippen LogP contribution < -0.4 is 10.1 Å². The van der Waals surface area contributed by atoms with E-state index in [1.165, 1.54) is 0 Å². The highest BCUT2D eigenvalue weighted by molar-refractivity contribution is 7.91. The van der Waals surface area contributed by atoms with Crippen molar-refractivity contribution in [1.82, 2.24) is 5.32 Å². The Morgan fingerprint density at radius 2 is 1.70 bits per heavy atom. The minimum atomic E-state index is -3.24. The van der Waals surface area contributed by atoms with Gasteiger partial charge in [-0.15, -0.1) is 0 Å². The van der Waals surface area contributed by atoms with E-state index in [-0.39, 0.29) is 17.7 Å². The molecular formula is C23H29NO5S. The number of hydrogen-bond acceptors (Lipinski definition) is 5. The second-order valence-electron chi connectivity index (χ2n) is 7.59. The third kappa shape index (κ3) is 4.52. The highest BCUT2D eigenvalue weighted by Gasteiger charge is 2.42. The lowest BCUT2D eigenvalue weighted by atomic mass is 9.73. The topological polar surface area (TPSA) is 81.7 Å². The van der Waals surface area contributed by atoms with Crippen LogP contribution >= 0.6 is 0 Å². The standard InChI is InChI=1S/C23H29NO5S/c1-4-30(26,27)21-11-5-18(6-12-21)17(2)24-22(25)23(13-15-29-16-14-23)19-7-9-20(28-3)10-8-19/h5-12,17H,4,13-16H2,1-3H3,(H,24,25). The first-order chi connectivity index (χ1) is 14.3. The summed E-state index contributed by atoms with van der Waals surface area (Å²) in [6.07, 6.45) is 1.21. The minimum absolute atomic E-state index is 0.0475. The van der Waals surface area contributed by atoms with Gasteiger partial charge in [0.2, 0.25) is 5.91 Å². The Hall–Kier alpha value is -2.38. The Labute approximate surface area is 178 Å². The van der Waals surface area contributed by atoms with E-state index in [9.17, 15) is 13.2 Å². The van der Waals surface area contributed by atoms with Crippen molar-refractivity contribution in [2.24, 2.45) is 0 Å². The van der Waals surface area contributed by atoms with Crippen LogP contribution in [0.15, 0.2) is 53.4 Å². The summed E-state index contributed by atoms with van der Waals surface area (Å²) >= 11 is 0. The van der Waals surface area contributed by atoms with Crippen molar-refractivity contribution >= 4 is 15.7 Å². The molecule has 0 bridgehead atoms. The van der Waals surface area contributed by atoms with Gasteiger partial charge in [0.1, 0.15) is 5.75 Å². The zero-order valence-electron chi connectivity index (χ0n) is 17.7. The Kier molecular flexibility index (Phi) is 6.83. The van der Waals surface area contributed by atoms with Crippen LogP contribution in [0.3, 0.4) is 0 Å². The summed E-state index contributed by atoms with van der Waals surface area (Å²) in [4.78, 5) is 13.7. The molecule has 1 atom stereocenters. The van der Waals surface area contributed by atoms with Crippen molar-refractivity contribution in [2.45, 2.75) is 43.0 Å². The minimum Gasteiger partial charge on any atom is -0.497 e. The average molecular weight is 432 g/mol. The molecule has 0 saturated carbocycles. The van der Waals surface area contributed by atoms with E-state index in [4.69, 9.17) is 9.47 Å². The molecule has 1 N–H and O–H groups in total. The maximum Gasteiger partial charge on any atom is 0.231 e. The molecule has 162 valence electrons. The third-order valence-electron chi connectivity index (χ3n) is 5.89. The number of sulfone groups is 1. The lowest BCUT2D eigenvalue weighted by Gasteiger charge is -2.37. The summed E-state index contributed by atoms with van der Waals surface area (Å²) in [6, 6.07) is 14.1. The zero-order chi connectivity index (χ0) is 21.8. The van der Waals surface area contributed by atoms with E-state index in [1.54, 1.807) is 38.3 Å². The van der Waals surface area contributed by atoms with Gasteiger partial charge in [-0.1, -0.05) is 31.2 Å². The zero-order valence-corrected chi connectivity index (χ0v) is 18.5. The molecule has 1 aliphatic heterocycles. The van der Waals surface area contributed by atoms with Crippen LogP contribution in [-0.2, 0) is 24.8 Å². The molecule has 0 radical (unpaired) electrons. The van der Waals surface area contributed by atoms with E-state index >= 15 is 0 Å². The van der Waals surface area contributed by atoms with Crippen LogP contribution in [0.2, 0.25) is 0 Å². The maximum absolute atomic E-state index is 13.4. The van der Waals surface area contributed by atoms with Gasteiger partial charge in [-0.2, -0.15) is 0 Å². The molecule has 3 rings (SSSR count). The van der Waals surface area contributed by atoms with Gasteiger partial charge in [0.25, 0.3) is 0 Å². The van der Waals surface area contributed by atoms with Gasteiger partial charge in [-0.05, 0) is 55.2 Å². The fourth-order valence-corrected chi connectivity index (χ4v) is 4.71. The first kappa shape index (κ1) is 22.3. The van der Waals surface area contributed by atoms with Crippen molar-refractivity contribution in [3.8, 4) is 5.75 Å². The second kappa shape index (κ2) is 9.18. The summed E-state index contributed by atoms with van der Waals surface area (Å²) in [5, 5.41) is 3.13. The molecule has 1 heterocycles. The SMILES string of the molecule is CCS(=O)(=O)c1ccc(C(C)NC(=O)C2(c3ccc(OC)cc3)CCOCC2)cc1. The molecule has 0 spiro atoms. The molecular weight excluding hydrogens is 402 g/mol. The summed E-state index contributed by atoms with van der Waals surface area (Å²) in [6.45, 7) is 4.58. The Morgan fingerprint density at radius 3 is 2.23 bits per heavy atom. The monoisotopic (exact) mass is 431 g/mol. The van der Waals surface area contributed by atoms with E-state index < -0.39 is 15.3 Å². The van der Waals surface area contributed by atoms with Gasteiger partial charge in [-0.3, -0.25) is 4.79 Å². The summed E-state index contributed by atoms with van der Waals surface area (Å²) in [5.41, 5.74) is 1.14. The molecule has 1 amide bonds. The maximum atomic E-state index is 13.4. The van der Waals surface area contributed by atoms with Crippen LogP contribution in [0.25, 0.3) is 0 Å². The van der Waals surface area contributed by atoms with Crippen molar-refractivity contribution < 1.29 is 22.7 Å². The van der Waals surface area contributed by atoms with Crippen LogP contribution in [0.1, 0.15) is 43.9 Å². The number of amides is 1. The van der Waals surface area contributed by atoms with Crippen LogP contribution in [-0.4, -0.2) is 40.4 Å². The molecule has 7 heteroatoms.